The molecule has 2 amide bonds. The molecule has 0 unspecified atom stereocenters. The summed E-state index contributed by atoms with van der Waals surface area (Å²) < 4.78 is 24.0. The van der Waals surface area contributed by atoms with Gasteiger partial charge >= 0.3 is 6.03 Å². The Balaban J connectivity index is 1.53. The number of hydrogen-bond donors (Lipinski definition) is 2. The Hall–Kier alpha value is -1.37. The van der Waals surface area contributed by atoms with Crippen molar-refractivity contribution in [2.75, 3.05) is 26.4 Å². The van der Waals surface area contributed by atoms with Gasteiger partial charge in [0.25, 0.3) is 0 Å². The summed E-state index contributed by atoms with van der Waals surface area (Å²) in [5.74, 6) is -0.468. The molecule has 128 valence electrons. The molecule has 0 radical (unpaired) electrons. The number of halogens is 2. The van der Waals surface area contributed by atoms with Gasteiger partial charge in [0.05, 0.1) is 11.1 Å². The molecular weight excluding hydrogens is 323 g/mol. The molecule has 23 heavy (non-hydrogen) atoms. The smallest absolute Gasteiger partial charge is 0.315 e. The maximum atomic E-state index is 13.0. The molecule has 0 spiro atoms. The van der Waals surface area contributed by atoms with Crippen LogP contribution in [0.15, 0.2) is 18.2 Å². The van der Waals surface area contributed by atoms with Gasteiger partial charge in [-0.05, 0) is 37.0 Å². The largest absolute Gasteiger partial charge is 0.381 e. The molecule has 1 aromatic rings. The molecule has 2 N–H and O–H groups in total. The first kappa shape index (κ1) is 18.0. The summed E-state index contributed by atoms with van der Waals surface area (Å²) in [6, 6.07) is 4.10. The molecule has 5 nitrogen and oxygen atoms in total. The van der Waals surface area contributed by atoms with Crippen molar-refractivity contribution in [1.82, 2.24) is 10.6 Å². The molecule has 0 bridgehead atoms. The molecule has 1 fully saturated rings. The molecule has 1 aromatic carbocycles. The zero-order chi connectivity index (χ0) is 16.5. The van der Waals surface area contributed by atoms with Gasteiger partial charge in [-0.25, -0.2) is 9.18 Å². The first-order chi connectivity index (χ1) is 11.1. The molecule has 0 aliphatic carbocycles. The number of urea groups is 1. The van der Waals surface area contributed by atoms with Crippen molar-refractivity contribution in [3.63, 3.8) is 0 Å². The monoisotopic (exact) mass is 344 g/mol. The third-order valence-corrected chi connectivity index (χ3v) is 3.86. The first-order valence-electron chi connectivity index (χ1n) is 7.80. The Labute approximate surface area is 140 Å². The second-order valence-corrected chi connectivity index (χ2v) is 5.80. The van der Waals surface area contributed by atoms with Crippen LogP contribution >= 0.6 is 11.6 Å². The van der Waals surface area contributed by atoms with Gasteiger partial charge in [-0.1, -0.05) is 17.7 Å². The summed E-state index contributed by atoms with van der Waals surface area (Å²) in [5, 5.41) is 5.50. The normalized spacial score (nSPS) is 15.4. The lowest BCUT2D eigenvalue weighted by atomic mass is 10.1. The SMILES string of the molecule is O=C(NCCCOC1CCOCC1)NCc1ccc(F)c(Cl)c1. The minimum atomic E-state index is -0.468. The van der Waals surface area contributed by atoms with Gasteiger partial charge < -0.3 is 20.1 Å². The van der Waals surface area contributed by atoms with E-state index >= 15 is 0 Å². The van der Waals surface area contributed by atoms with E-state index in [0.717, 1.165) is 38.0 Å². The van der Waals surface area contributed by atoms with Crippen LogP contribution in [0.1, 0.15) is 24.8 Å². The van der Waals surface area contributed by atoms with E-state index in [1.165, 1.54) is 12.1 Å². The van der Waals surface area contributed by atoms with Crippen LogP contribution in [0.2, 0.25) is 5.02 Å². The molecule has 1 aliphatic rings. The van der Waals surface area contributed by atoms with E-state index in [1.54, 1.807) is 6.07 Å². The van der Waals surface area contributed by atoms with E-state index in [2.05, 4.69) is 10.6 Å². The standard InChI is InChI=1S/C16H22ClFN2O3/c17-14-10-12(2-3-15(14)18)11-20-16(21)19-6-1-7-23-13-4-8-22-9-5-13/h2-3,10,13H,1,4-9,11H2,(H2,19,20,21). The summed E-state index contributed by atoms with van der Waals surface area (Å²) in [7, 11) is 0. The van der Waals surface area contributed by atoms with Gasteiger partial charge in [-0.15, -0.1) is 0 Å². The average molecular weight is 345 g/mol. The van der Waals surface area contributed by atoms with Crippen LogP contribution in [-0.4, -0.2) is 38.5 Å². The lowest BCUT2D eigenvalue weighted by molar-refractivity contribution is -0.0320. The molecule has 0 atom stereocenters. The van der Waals surface area contributed by atoms with Crippen molar-refractivity contribution in [3.8, 4) is 0 Å². The van der Waals surface area contributed by atoms with Crippen LogP contribution in [0.4, 0.5) is 9.18 Å². The quantitative estimate of drug-likeness (QED) is 0.748. The third-order valence-electron chi connectivity index (χ3n) is 3.57. The molecular formula is C16H22ClFN2O3. The third kappa shape index (κ3) is 6.72. The Kier molecular flexibility index (Phi) is 7.58. The summed E-state index contributed by atoms with van der Waals surface area (Å²) in [6.07, 6.45) is 2.91. The Bertz CT molecular complexity index is 510. The van der Waals surface area contributed by atoms with E-state index in [9.17, 15) is 9.18 Å². The van der Waals surface area contributed by atoms with E-state index < -0.39 is 5.82 Å². The molecule has 0 saturated carbocycles. The second-order valence-electron chi connectivity index (χ2n) is 5.39. The predicted molar refractivity (Wildman–Crippen MR) is 86.1 cm³/mol. The van der Waals surface area contributed by atoms with E-state index in [4.69, 9.17) is 21.1 Å². The highest BCUT2D eigenvalue weighted by Gasteiger charge is 2.13. The van der Waals surface area contributed by atoms with Crippen LogP contribution in [0.3, 0.4) is 0 Å². The average Bonchev–Trinajstić information content (AvgIpc) is 2.56. The van der Waals surface area contributed by atoms with Gasteiger partial charge in [0, 0.05) is 32.9 Å². The summed E-state index contributed by atoms with van der Waals surface area (Å²) in [5.41, 5.74) is 0.745. The highest BCUT2D eigenvalue weighted by atomic mass is 35.5. The van der Waals surface area contributed by atoms with Gasteiger partial charge in [0.15, 0.2) is 0 Å². The summed E-state index contributed by atoms with van der Waals surface area (Å²) >= 11 is 5.69. The number of nitrogens with one attached hydrogen (secondary N) is 2. The van der Waals surface area contributed by atoms with Crippen molar-refractivity contribution in [2.45, 2.75) is 31.9 Å². The van der Waals surface area contributed by atoms with Gasteiger partial charge in [-0.3, -0.25) is 0 Å². The highest BCUT2D eigenvalue weighted by Crippen LogP contribution is 2.15. The highest BCUT2D eigenvalue weighted by molar-refractivity contribution is 6.30. The van der Waals surface area contributed by atoms with Gasteiger partial charge in [-0.2, -0.15) is 0 Å². The number of carbonyl (C=O) groups excluding carboxylic acids is 1. The molecule has 0 aromatic heterocycles. The van der Waals surface area contributed by atoms with Crippen LogP contribution in [0.25, 0.3) is 0 Å². The number of rotatable bonds is 7. The Morgan fingerprint density at radius 1 is 1.35 bits per heavy atom. The Morgan fingerprint density at radius 3 is 2.87 bits per heavy atom. The second kappa shape index (κ2) is 9.70. The predicted octanol–water partition coefficient (Wildman–Crippen LogP) is 2.86. The van der Waals surface area contributed by atoms with E-state index in [0.29, 0.717) is 19.7 Å². The van der Waals surface area contributed by atoms with Crippen molar-refractivity contribution in [1.29, 1.82) is 0 Å². The fourth-order valence-electron chi connectivity index (χ4n) is 2.26. The fraction of sp³-hybridized carbons (Fsp3) is 0.562. The zero-order valence-electron chi connectivity index (χ0n) is 12.9. The van der Waals surface area contributed by atoms with Crippen molar-refractivity contribution < 1.29 is 18.7 Å². The lowest BCUT2D eigenvalue weighted by Gasteiger charge is -2.22. The minimum Gasteiger partial charge on any atom is -0.381 e. The fourth-order valence-corrected chi connectivity index (χ4v) is 2.46. The van der Waals surface area contributed by atoms with Gasteiger partial charge in [0.2, 0.25) is 0 Å². The molecule has 1 saturated heterocycles. The van der Waals surface area contributed by atoms with Gasteiger partial charge in [0.1, 0.15) is 5.82 Å². The van der Waals surface area contributed by atoms with Crippen LogP contribution in [0, 0.1) is 5.82 Å². The lowest BCUT2D eigenvalue weighted by Crippen LogP contribution is -2.36. The van der Waals surface area contributed by atoms with Crippen LogP contribution in [0.5, 0.6) is 0 Å². The summed E-state index contributed by atoms with van der Waals surface area (Å²) in [4.78, 5) is 11.6. The Morgan fingerprint density at radius 2 is 2.13 bits per heavy atom. The molecule has 1 heterocycles. The number of amides is 2. The number of benzene rings is 1. The topological polar surface area (TPSA) is 59.6 Å². The van der Waals surface area contributed by atoms with E-state index in [-0.39, 0.29) is 17.2 Å². The molecule has 2 rings (SSSR count). The first-order valence-corrected chi connectivity index (χ1v) is 8.18. The minimum absolute atomic E-state index is 0.0509. The maximum Gasteiger partial charge on any atom is 0.315 e. The number of hydrogen-bond acceptors (Lipinski definition) is 3. The van der Waals surface area contributed by atoms with Crippen LogP contribution in [-0.2, 0) is 16.0 Å². The van der Waals surface area contributed by atoms with Crippen molar-refractivity contribution in [2.24, 2.45) is 0 Å². The van der Waals surface area contributed by atoms with E-state index in [1.807, 2.05) is 0 Å². The molecule has 7 heteroatoms. The zero-order valence-corrected chi connectivity index (χ0v) is 13.7. The van der Waals surface area contributed by atoms with Crippen molar-refractivity contribution >= 4 is 17.6 Å². The van der Waals surface area contributed by atoms with Crippen LogP contribution < -0.4 is 10.6 Å². The number of carbonyl (C=O) groups is 1. The number of ether oxygens (including phenoxy) is 2. The summed E-state index contributed by atoms with van der Waals surface area (Å²) in [6.45, 7) is 2.99. The van der Waals surface area contributed by atoms with Crippen molar-refractivity contribution in [3.05, 3.63) is 34.6 Å². The maximum absolute atomic E-state index is 13.0. The molecule has 1 aliphatic heterocycles.